The lowest BCUT2D eigenvalue weighted by molar-refractivity contribution is -0.385. The Bertz CT molecular complexity index is 583. The van der Waals surface area contributed by atoms with Crippen LogP contribution in [0.15, 0.2) is 36.4 Å². The molecule has 1 aromatic rings. The number of nitrogens with zero attached hydrogens (tertiary/aromatic N) is 1. The van der Waals surface area contributed by atoms with E-state index in [4.69, 9.17) is 4.74 Å². The van der Waals surface area contributed by atoms with E-state index in [1.165, 1.54) is 24.3 Å². The Morgan fingerprint density at radius 2 is 1.80 bits per heavy atom. The van der Waals surface area contributed by atoms with Gasteiger partial charge in [0.15, 0.2) is 0 Å². The highest BCUT2D eigenvalue weighted by atomic mass is 16.6. The number of hydrogen-bond acceptors (Lipinski definition) is 5. The van der Waals surface area contributed by atoms with Gasteiger partial charge in [0.2, 0.25) is 5.78 Å². The van der Waals surface area contributed by atoms with Crippen LogP contribution in [0.1, 0.15) is 31.1 Å². The van der Waals surface area contributed by atoms with E-state index in [0.29, 0.717) is 0 Å². The average molecular weight is 277 g/mol. The van der Waals surface area contributed by atoms with E-state index in [-0.39, 0.29) is 11.3 Å². The summed E-state index contributed by atoms with van der Waals surface area (Å²) in [6.45, 7) is 8.31. The molecule has 1 rings (SSSR count). The summed E-state index contributed by atoms with van der Waals surface area (Å²) in [5.74, 6) is -1.70. The van der Waals surface area contributed by atoms with E-state index in [1.807, 2.05) is 0 Å². The van der Waals surface area contributed by atoms with E-state index < -0.39 is 27.9 Å². The highest BCUT2D eigenvalue weighted by molar-refractivity contribution is 6.25. The van der Waals surface area contributed by atoms with Crippen molar-refractivity contribution in [2.45, 2.75) is 26.4 Å². The maximum absolute atomic E-state index is 12.1. The lowest BCUT2D eigenvalue weighted by Crippen LogP contribution is -2.27. The van der Waals surface area contributed by atoms with Crippen molar-refractivity contribution in [1.29, 1.82) is 0 Å². The summed E-state index contributed by atoms with van der Waals surface area (Å²) >= 11 is 0. The first-order valence-corrected chi connectivity index (χ1v) is 5.84. The molecule has 106 valence electrons. The van der Waals surface area contributed by atoms with Gasteiger partial charge in [0.25, 0.3) is 5.69 Å². The summed E-state index contributed by atoms with van der Waals surface area (Å²) in [5.41, 5.74) is -1.77. The highest BCUT2D eigenvalue weighted by Gasteiger charge is 2.28. The number of esters is 1. The van der Waals surface area contributed by atoms with Gasteiger partial charge in [-0.3, -0.25) is 14.9 Å². The molecule has 0 fully saturated rings. The number of carbonyl (C=O) groups excluding carboxylic acids is 2. The van der Waals surface area contributed by atoms with Gasteiger partial charge in [-0.05, 0) is 26.8 Å². The van der Waals surface area contributed by atoms with Gasteiger partial charge in [0, 0.05) is 6.07 Å². The molecule has 0 heterocycles. The van der Waals surface area contributed by atoms with Crippen molar-refractivity contribution in [2.75, 3.05) is 0 Å². The molecule has 0 spiro atoms. The van der Waals surface area contributed by atoms with Gasteiger partial charge in [-0.25, -0.2) is 4.79 Å². The first-order valence-electron chi connectivity index (χ1n) is 5.84. The molecule has 0 radical (unpaired) electrons. The Morgan fingerprint density at radius 3 is 2.30 bits per heavy atom. The van der Waals surface area contributed by atoms with Crippen molar-refractivity contribution in [3.63, 3.8) is 0 Å². The zero-order valence-corrected chi connectivity index (χ0v) is 11.5. The minimum atomic E-state index is -0.888. The second-order valence-corrected chi connectivity index (χ2v) is 5.08. The smallest absolute Gasteiger partial charge is 0.342 e. The molecule has 1 aromatic carbocycles. The number of nitro benzene ring substituents is 1. The number of benzene rings is 1. The summed E-state index contributed by atoms with van der Waals surface area (Å²) in [6, 6.07) is 5.37. The zero-order chi connectivity index (χ0) is 15.5. The van der Waals surface area contributed by atoms with Crippen LogP contribution in [0.25, 0.3) is 0 Å². The van der Waals surface area contributed by atoms with Crippen LogP contribution in [-0.4, -0.2) is 22.3 Å². The Labute approximate surface area is 116 Å². The van der Waals surface area contributed by atoms with Crippen LogP contribution in [-0.2, 0) is 9.53 Å². The third kappa shape index (κ3) is 3.74. The predicted molar refractivity (Wildman–Crippen MR) is 72.4 cm³/mol. The van der Waals surface area contributed by atoms with E-state index in [1.54, 1.807) is 20.8 Å². The van der Waals surface area contributed by atoms with Crippen molar-refractivity contribution in [2.24, 2.45) is 0 Å². The van der Waals surface area contributed by atoms with Crippen LogP contribution in [0.5, 0.6) is 0 Å². The second-order valence-electron chi connectivity index (χ2n) is 5.08. The van der Waals surface area contributed by atoms with Gasteiger partial charge in [-0.2, -0.15) is 0 Å². The van der Waals surface area contributed by atoms with E-state index in [0.717, 1.165) is 0 Å². The van der Waals surface area contributed by atoms with Crippen molar-refractivity contribution in [3.8, 4) is 0 Å². The molecule has 0 saturated heterocycles. The number of ether oxygens (including phenoxy) is 1. The second kappa shape index (κ2) is 5.64. The third-order valence-corrected chi connectivity index (χ3v) is 2.26. The SMILES string of the molecule is C=C(C(=O)OC(C)(C)C)C(=O)c1ccccc1[N+](=O)[O-]. The maximum Gasteiger partial charge on any atom is 0.342 e. The van der Waals surface area contributed by atoms with E-state index in [2.05, 4.69) is 6.58 Å². The van der Waals surface area contributed by atoms with Crippen LogP contribution in [0, 0.1) is 10.1 Å². The van der Waals surface area contributed by atoms with Crippen molar-refractivity contribution in [3.05, 3.63) is 52.1 Å². The highest BCUT2D eigenvalue weighted by Crippen LogP contribution is 2.21. The Kier molecular flexibility index (Phi) is 4.39. The topological polar surface area (TPSA) is 86.5 Å². The Hall–Kier alpha value is -2.50. The van der Waals surface area contributed by atoms with E-state index >= 15 is 0 Å². The van der Waals surface area contributed by atoms with Gasteiger partial charge in [-0.15, -0.1) is 0 Å². The summed E-state index contributed by atoms with van der Waals surface area (Å²) in [7, 11) is 0. The van der Waals surface area contributed by atoms with Gasteiger partial charge >= 0.3 is 5.97 Å². The van der Waals surface area contributed by atoms with E-state index in [9.17, 15) is 19.7 Å². The summed E-state index contributed by atoms with van der Waals surface area (Å²) in [5, 5.41) is 10.9. The Balaban J connectivity index is 3.05. The molecule has 0 bridgehead atoms. The first kappa shape index (κ1) is 15.6. The van der Waals surface area contributed by atoms with Crippen molar-refractivity contribution >= 4 is 17.4 Å². The van der Waals surface area contributed by atoms with Gasteiger partial charge in [0.1, 0.15) is 16.7 Å². The molecule has 0 aliphatic heterocycles. The molecular weight excluding hydrogens is 262 g/mol. The summed E-state index contributed by atoms with van der Waals surface area (Å²) in [6.07, 6.45) is 0. The van der Waals surface area contributed by atoms with Gasteiger partial charge < -0.3 is 4.74 Å². The molecule has 6 nitrogen and oxygen atoms in total. The standard InChI is InChI=1S/C14H15NO5/c1-9(13(17)20-14(2,3)4)12(16)10-7-5-6-8-11(10)15(18)19/h5-8H,1H2,2-4H3. The van der Waals surface area contributed by atoms with Gasteiger partial charge in [0.05, 0.1) is 4.92 Å². The Morgan fingerprint density at radius 1 is 1.25 bits per heavy atom. The van der Waals surface area contributed by atoms with Crippen LogP contribution >= 0.6 is 0 Å². The fourth-order valence-electron chi connectivity index (χ4n) is 1.42. The molecule has 0 atom stereocenters. The molecule has 0 unspecified atom stereocenters. The quantitative estimate of drug-likeness (QED) is 0.161. The molecule has 0 amide bonds. The molecule has 0 aromatic heterocycles. The van der Waals surface area contributed by atoms with Crippen LogP contribution in [0.2, 0.25) is 0 Å². The minimum absolute atomic E-state index is 0.187. The maximum atomic E-state index is 12.1. The van der Waals surface area contributed by atoms with Crippen LogP contribution < -0.4 is 0 Å². The molecule has 0 aliphatic carbocycles. The molecule has 0 N–H and O–H groups in total. The number of carbonyl (C=O) groups is 2. The molecule has 6 heteroatoms. The lowest BCUT2D eigenvalue weighted by Gasteiger charge is -2.19. The van der Waals surface area contributed by atoms with Crippen molar-refractivity contribution in [1.82, 2.24) is 0 Å². The largest absolute Gasteiger partial charge is 0.456 e. The third-order valence-electron chi connectivity index (χ3n) is 2.26. The van der Waals surface area contributed by atoms with Crippen LogP contribution in [0.4, 0.5) is 5.69 Å². The number of para-hydroxylation sites is 1. The van der Waals surface area contributed by atoms with Gasteiger partial charge in [-0.1, -0.05) is 18.7 Å². The molecular formula is C14H15NO5. The lowest BCUT2D eigenvalue weighted by atomic mass is 10.0. The number of nitro groups is 1. The molecule has 20 heavy (non-hydrogen) atoms. The number of ketones is 1. The fourth-order valence-corrected chi connectivity index (χ4v) is 1.42. The molecule has 0 saturated carbocycles. The molecule has 0 aliphatic rings. The predicted octanol–water partition coefficient (Wildman–Crippen LogP) is 2.68. The minimum Gasteiger partial charge on any atom is -0.456 e. The fraction of sp³-hybridized carbons (Fsp3) is 0.286. The average Bonchev–Trinajstić information content (AvgIpc) is 2.34. The van der Waals surface area contributed by atoms with Crippen molar-refractivity contribution < 1.29 is 19.2 Å². The van der Waals surface area contributed by atoms with Crippen LogP contribution in [0.3, 0.4) is 0 Å². The zero-order valence-electron chi connectivity index (χ0n) is 11.5. The number of hydrogen-bond donors (Lipinski definition) is 0. The summed E-state index contributed by atoms with van der Waals surface area (Å²) in [4.78, 5) is 34.0. The normalized spacial score (nSPS) is 10.8. The number of rotatable bonds is 4. The first-order chi connectivity index (χ1) is 9.13. The monoisotopic (exact) mass is 277 g/mol. The summed E-state index contributed by atoms with van der Waals surface area (Å²) < 4.78 is 5.01. The number of Topliss-reactive ketones (excluding diaryl/α,β-unsaturated/α-hetero) is 1.